The number of sulfonamides is 1. The van der Waals surface area contributed by atoms with E-state index in [1.54, 1.807) is 16.4 Å². The molecule has 0 aromatic carbocycles. The van der Waals surface area contributed by atoms with Crippen molar-refractivity contribution >= 4 is 15.8 Å². The number of rotatable bonds is 4. The van der Waals surface area contributed by atoms with Crippen LogP contribution in [-0.4, -0.2) is 61.9 Å². The number of piperazine rings is 1. The highest BCUT2D eigenvalue weighted by Gasteiger charge is 2.28. The van der Waals surface area contributed by atoms with Gasteiger partial charge in [0.1, 0.15) is 10.7 Å². The number of anilines is 1. The van der Waals surface area contributed by atoms with Crippen LogP contribution in [0.1, 0.15) is 32.6 Å². The molecule has 0 bridgehead atoms. The molecule has 3 rings (SSSR count). The lowest BCUT2D eigenvalue weighted by Gasteiger charge is -2.31. The molecule has 1 aromatic heterocycles. The van der Waals surface area contributed by atoms with E-state index < -0.39 is 10.0 Å². The number of nitrogens with zero attached hydrogens (tertiary/aromatic N) is 3. The number of pyridine rings is 1. The highest BCUT2D eigenvalue weighted by Crippen LogP contribution is 2.26. The van der Waals surface area contributed by atoms with E-state index in [1.807, 2.05) is 7.05 Å². The zero-order valence-electron chi connectivity index (χ0n) is 14.6. The van der Waals surface area contributed by atoms with Gasteiger partial charge in [-0.2, -0.15) is 4.31 Å². The minimum absolute atomic E-state index is 0.286. The Kier molecular flexibility index (Phi) is 5.42. The third kappa shape index (κ3) is 3.90. The Morgan fingerprint density at radius 1 is 1.12 bits per heavy atom. The average Bonchev–Trinajstić information content (AvgIpc) is 2.58. The summed E-state index contributed by atoms with van der Waals surface area (Å²) in [4.78, 5) is 6.78. The van der Waals surface area contributed by atoms with Crippen LogP contribution in [0.25, 0.3) is 0 Å². The molecule has 0 radical (unpaired) electrons. The van der Waals surface area contributed by atoms with Crippen molar-refractivity contribution in [3.63, 3.8) is 0 Å². The van der Waals surface area contributed by atoms with Crippen molar-refractivity contribution in [2.75, 3.05) is 38.5 Å². The fourth-order valence-corrected chi connectivity index (χ4v) is 4.88. The number of hydrogen-bond donors (Lipinski definition) is 1. The van der Waals surface area contributed by atoms with Crippen LogP contribution in [0.15, 0.2) is 23.2 Å². The Hall–Kier alpha value is -1.18. The lowest BCUT2D eigenvalue weighted by atomic mass is 9.86. The molecule has 1 saturated heterocycles. The predicted octanol–water partition coefficient (Wildman–Crippen LogP) is 2.01. The summed E-state index contributed by atoms with van der Waals surface area (Å²) >= 11 is 0. The van der Waals surface area contributed by atoms with Crippen LogP contribution in [0.2, 0.25) is 0 Å². The second-order valence-corrected chi connectivity index (χ2v) is 9.04. The third-order valence-corrected chi connectivity index (χ3v) is 7.16. The van der Waals surface area contributed by atoms with Gasteiger partial charge in [0.05, 0.1) is 0 Å². The van der Waals surface area contributed by atoms with Crippen LogP contribution in [-0.2, 0) is 10.0 Å². The van der Waals surface area contributed by atoms with Gasteiger partial charge in [-0.05, 0) is 37.9 Å². The zero-order chi connectivity index (χ0) is 17.2. The topological polar surface area (TPSA) is 65.5 Å². The first-order chi connectivity index (χ1) is 11.5. The van der Waals surface area contributed by atoms with Crippen molar-refractivity contribution in [1.29, 1.82) is 0 Å². The quantitative estimate of drug-likeness (QED) is 0.898. The number of aromatic nitrogens is 1. The monoisotopic (exact) mass is 352 g/mol. The largest absolute Gasteiger partial charge is 0.367 e. The van der Waals surface area contributed by atoms with Crippen LogP contribution >= 0.6 is 0 Å². The SMILES string of the molecule is CC1CCCCC1Nc1ccc(S(=O)(=O)N2CCN(C)CC2)cn1. The van der Waals surface area contributed by atoms with Gasteiger partial charge in [0.2, 0.25) is 10.0 Å². The molecule has 2 aliphatic rings. The van der Waals surface area contributed by atoms with Gasteiger partial charge >= 0.3 is 0 Å². The van der Waals surface area contributed by atoms with E-state index in [1.165, 1.54) is 25.5 Å². The smallest absolute Gasteiger partial charge is 0.244 e. The van der Waals surface area contributed by atoms with E-state index in [-0.39, 0.29) is 4.90 Å². The number of likely N-dealkylation sites (N-methyl/N-ethyl adjacent to an activating group) is 1. The molecule has 1 saturated carbocycles. The van der Waals surface area contributed by atoms with Crippen molar-refractivity contribution in [2.45, 2.75) is 43.5 Å². The summed E-state index contributed by atoms with van der Waals surface area (Å²) < 4.78 is 26.9. The summed E-state index contributed by atoms with van der Waals surface area (Å²) in [6, 6.07) is 3.91. The zero-order valence-corrected chi connectivity index (χ0v) is 15.4. The maximum absolute atomic E-state index is 12.7. The first-order valence-electron chi connectivity index (χ1n) is 8.88. The van der Waals surface area contributed by atoms with Gasteiger partial charge in [0, 0.05) is 38.4 Å². The molecule has 0 spiro atoms. The molecule has 7 heteroatoms. The molecule has 2 atom stereocenters. The fourth-order valence-electron chi connectivity index (χ4n) is 3.52. The molecular weight excluding hydrogens is 324 g/mol. The summed E-state index contributed by atoms with van der Waals surface area (Å²) in [5.74, 6) is 1.40. The molecule has 2 unspecified atom stereocenters. The Labute approximate surface area is 145 Å². The minimum atomic E-state index is -3.43. The van der Waals surface area contributed by atoms with Gasteiger partial charge in [-0.3, -0.25) is 0 Å². The molecule has 2 heterocycles. The molecule has 0 amide bonds. The molecule has 1 N–H and O–H groups in total. The van der Waals surface area contributed by atoms with Gasteiger partial charge in [-0.15, -0.1) is 0 Å². The van der Waals surface area contributed by atoms with Crippen molar-refractivity contribution < 1.29 is 8.42 Å². The van der Waals surface area contributed by atoms with Crippen molar-refractivity contribution in [3.05, 3.63) is 18.3 Å². The van der Waals surface area contributed by atoms with E-state index >= 15 is 0 Å². The van der Waals surface area contributed by atoms with Crippen LogP contribution in [0, 0.1) is 5.92 Å². The third-order valence-electron chi connectivity index (χ3n) is 5.28. The summed E-state index contributed by atoms with van der Waals surface area (Å²) in [5, 5.41) is 3.47. The van der Waals surface area contributed by atoms with Crippen LogP contribution < -0.4 is 5.32 Å². The van der Waals surface area contributed by atoms with Crippen molar-refractivity contribution in [1.82, 2.24) is 14.2 Å². The summed E-state index contributed by atoms with van der Waals surface area (Å²) in [6.45, 7) is 4.89. The first kappa shape index (κ1) is 17.6. The second-order valence-electron chi connectivity index (χ2n) is 7.10. The van der Waals surface area contributed by atoms with Crippen LogP contribution in [0.4, 0.5) is 5.82 Å². The second kappa shape index (κ2) is 7.37. The highest BCUT2D eigenvalue weighted by molar-refractivity contribution is 7.89. The van der Waals surface area contributed by atoms with Crippen molar-refractivity contribution in [2.24, 2.45) is 5.92 Å². The fraction of sp³-hybridized carbons (Fsp3) is 0.706. The summed E-state index contributed by atoms with van der Waals surface area (Å²) in [7, 11) is -1.42. The van der Waals surface area contributed by atoms with Crippen molar-refractivity contribution in [3.8, 4) is 0 Å². The Balaban J connectivity index is 1.67. The van der Waals surface area contributed by atoms with Gasteiger partial charge in [-0.25, -0.2) is 13.4 Å². The maximum atomic E-state index is 12.7. The molecule has 134 valence electrons. The molecule has 2 fully saturated rings. The van der Waals surface area contributed by atoms with Gasteiger partial charge < -0.3 is 10.2 Å². The Morgan fingerprint density at radius 2 is 1.83 bits per heavy atom. The van der Waals surface area contributed by atoms with Gasteiger partial charge in [0.15, 0.2) is 0 Å². The molecule has 1 aromatic rings. The minimum Gasteiger partial charge on any atom is -0.367 e. The van der Waals surface area contributed by atoms with E-state index in [2.05, 4.69) is 22.1 Å². The average molecular weight is 353 g/mol. The van der Waals surface area contributed by atoms with Gasteiger partial charge in [-0.1, -0.05) is 19.8 Å². The lowest BCUT2D eigenvalue weighted by Crippen LogP contribution is -2.47. The van der Waals surface area contributed by atoms with E-state index in [4.69, 9.17) is 0 Å². The maximum Gasteiger partial charge on any atom is 0.244 e. The van der Waals surface area contributed by atoms with E-state index in [9.17, 15) is 8.42 Å². The number of hydrogen-bond acceptors (Lipinski definition) is 5. The molecular formula is C17H28N4O2S. The number of nitrogens with one attached hydrogen (secondary N) is 1. The molecule has 24 heavy (non-hydrogen) atoms. The first-order valence-corrected chi connectivity index (χ1v) is 10.3. The van der Waals surface area contributed by atoms with Crippen LogP contribution in [0.3, 0.4) is 0 Å². The Bertz CT molecular complexity index is 639. The summed E-state index contributed by atoms with van der Waals surface area (Å²) in [6.07, 6.45) is 6.44. The van der Waals surface area contributed by atoms with Crippen LogP contribution in [0.5, 0.6) is 0 Å². The molecule has 1 aliphatic carbocycles. The van der Waals surface area contributed by atoms with E-state index in [0.717, 1.165) is 25.3 Å². The lowest BCUT2D eigenvalue weighted by molar-refractivity contribution is 0.222. The van der Waals surface area contributed by atoms with Gasteiger partial charge in [0.25, 0.3) is 0 Å². The van der Waals surface area contributed by atoms with E-state index in [0.29, 0.717) is 25.0 Å². The standard InChI is InChI=1S/C17H28N4O2S/c1-14-5-3-4-6-16(14)19-17-8-7-15(13-18-17)24(22,23)21-11-9-20(2)10-12-21/h7-8,13-14,16H,3-6,9-12H2,1-2H3,(H,18,19). The normalized spacial score (nSPS) is 27.1. The summed E-state index contributed by atoms with van der Waals surface area (Å²) in [5.41, 5.74) is 0. The Morgan fingerprint density at radius 3 is 2.46 bits per heavy atom. The molecule has 6 nitrogen and oxygen atoms in total. The highest BCUT2D eigenvalue weighted by atomic mass is 32.2. The molecule has 1 aliphatic heterocycles. The predicted molar refractivity (Wildman–Crippen MR) is 95.5 cm³/mol.